The second kappa shape index (κ2) is 21.9. The van der Waals surface area contributed by atoms with E-state index in [4.69, 9.17) is 33.4 Å². The number of carbonyl (C=O) groups excluding carboxylic acids is 3. The van der Waals surface area contributed by atoms with Crippen LogP contribution in [0, 0.1) is 27.7 Å². The highest BCUT2D eigenvalue weighted by molar-refractivity contribution is 6.00. The number of anilines is 5. The average Bonchev–Trinajstić information content (AvgIpc) is 4.28. The minimum absolute atomic E-state index is 0.108. The van der Waals surface area contributed by atoms with Crippen LogP contribution < -0.4 is 28.7 Å². The second-order valence-electron chi connectivity index (χ2n) is 15.9. The standard InChI is InChI=1S/C25H27N15O4.C12H14N8.C6H9N3O2/c1-12-19(31-33-23-14(25(43)44-5)6-7-37(23)3)21(26)39(35-12)17-8-18(29-11-28-17)40-22(27)20(13(2)36-40)32-34-24-15(16(42)10-41)9-30-38(24)4;1-7-3-9(13)19(17-7)11-5-12(16-6-15-11)20-10(14)4-8(2)18-20;1-9-5(7)4(3-8-9)6(10)11-2/h6-9,11,41H,10,26-27H2,1-5H3;3-6H,13-14H2,1-2H3;3H,7H2,1-2H3. The molecule has 0 saturated heterocycles. The average molecular weight is 1030 g/mol. The lowest BCUT2D eigenvalue weighted by atomic mass is 10.2. The van der Waals surface area contributed by atoms with E-state index >= 15 is 0 Å². The van der Waals surface area contributed by atoms with Gasteiger partial charge in [-0.1, -0.05) is 0 Å². The van der Waals surface area contributed by atoms with Gasteiger partial charge < -0.3 is 47.8 Å². The van der Waals surface area contributed by atoms with Crippen molar-refractivity contribution in [2.75, 3.05) is 49.5 Å². The van der Waals surface area contributed by atoms with Crippen LogP contribution in [0.2, 0.25) is 0 Å². The highest BCUT2D eigenvalue weighted by Crippen LogP contribution is 2.34. The zero-order valence-electron chi connectivity index (χ0n) is 41.7. The molecule has 0 radical (unpaired) electrons. The summed E-state index contributed by atoms with van der Waals surface area (Å²) in [7, 11) is 7.53. The lowest BCUT2D eigenvalue weighted by Gasteiger charge is -2.06. The van der Waals surface area contributed by atoms with Gasteiger partial charge in [0.2, 0.25) is 0 Å². The van der Waals surface area contributed by atoms with Gasteiger partial charge in [-0.3, -0.25) is 9.48 Å². The Labute approximate surface area is 424 Å². The first-order valence-corrected chi connectivity index (χ1v) is 21.9. The number of ketones is 1. The number of carbonyl (C=O) groups is 3. The third-order valence-corrected chi connectivity index (χ3v) is 10.7. The molecule has 0 amide bonds. The summed E-state index contributed by atoms with van der Waals surface area (Å²) in [5, 5.41) is 51.3. The van der Waals surface area contributed by atoms with E-state index in [1.807, 2.05) is 13.8 Å². The molecule has 9 aromatic rings. The first kappa shape index (κ1) is 52.3. The Kier molecular flexibility index (Phi) is 15.2. The summed E-state index contributed by atoms with van der Waals surface area (Å²) in [4.78, 5) is 51.9. The lowest BCUT2D eigenvalue weighted by Crippen LogP contribution is -2.09. The van der Waals surface area contributed by atoms with E-state index in [2.05, 4.69) is 75.7 Å². The normalized spacial score (nSPS) is 11.2. The van der Waals surface area contributed by atoms with Crippen molar-refractivity contribution in [2.45, 2.75) is 27.7 Å². The molecule has 0 fully saturated rings. The number of Topliss-reactive ketones (excluding diaryl/α,β-unsaturated/α-hetero) is 1. The van der Waals surface area contributed by atoms with Crippen LogP contribution in [0.4, 0.5) is 52.1 Å². The fraction of sp³-hybridized carbons (Fsp3) is 0.233. The van der Waals surface area contributed by atoms with Gasteiger partial charge >= 0.3 is 11.9 Å². The first-order chi connectivity index (χ1) is 35.8. The highest BCUT2D eigenvalue weighted by atomic mass is 16.5. The number of esters is 2. The third kappa shape index (κ3) is 10.9. The number of nitrogens with two attached hydrogens (primary N) is 5. The molecule has 0 aliphatic heterocycles. The molecule has 9 aromatic heterocycles. The maximum atomic E-state index is 12.1. The number of rotatable bonds is 12. The Hall–Kier alpha value is -10.5. The molecule has 32 heteroatoms. The summed E-state index contributed by atoms with van der Waals surface area (Å²) in [6.07, 6.45) is 7.05. The number of aliphatic hydroxyl groups excluding tert-OH is 1. The number of azo groups is 2. The SMILES string of the molecule is COC(=O)c1ccn(C)c1N=Nc1c(C)nn(-c2cc(-n3nc(C)c(N=Nc4c(C(=O)CO)cnn4C)c3N)ncn2)c1N.COC(=O)c1cnn(C)c1N.Cc1cc(N)n(-c2cc(-n3nc(C)cc3N)ncn2)n1. The fourth-order valence-electron chi connectivity index (χ4n) is 6.87. The number of nitrogens with zero attached hydrogens (tertiary/aromatic N) is 21. The first-order valence-electron chi connectivity index (χ1n) is 21.9. The van der Waals surface area contributed by atoms with Crippen LogP contribution >= 0.6 is 0 Å². The van der Waals surface area contributed by atoms with E-state index in [1.54, 1.807) is 85.4 Å². The number of hydrogen-bond donors (Lipinski definition) is 6. The molecule has 11 N–H and O–H groups in total. The molecule has 32 nitrogen and oxygen atoms in total. The molecule has 0 atom stereocenters. The summed E-state index contributed by atoms with van der Waals surface area (Å²) < 4.78 is 19.4. The van der Waals surface area contributed by atoms with Gasteiger partial charge in [-0.15, -0.1) is 20.5 Å². The molecule has 0 aromatic carbocycles. The lowest BCUT2D eigenvalue weighted by molar-refractivity contribution is 0.0593. The molecule has 0 saturated carbocycles. The number of aliphatic hydroxyl groups is 1. The monoisotopic (exact) mass is 1030 g/mol. The topological polar surface area (TPSA) is 433 Å². The Morgan fingerprint density at radius 3 is 1.43 bits per heavy atom. The Morgan fingerprint density at radius 1 is 0.560 bits per heavy atom. The van der Waals surface area contributed by atoms with Gasteiger partial charge in [0.05, 0.1) is 55.0 Å². The predicted molar refractivity (Wildman–Crippen MR) is 268 cm³/mol. The predicted octanol–water partition coefficient (Wildman–Crippen LogP) is 2.91. The van der Waals surface area contributed by atoms with Crippen LogP contribution in [-0.2, 0) is 30.6 Å². The van der Waals surface area contributed by atoms with E-state index in [0.29, 0.717) is 46.0 Å². The van der Waals surface area contributed by atoms with Gasteiger partial charge in [0.1, 0.15) is 47.8 Å². The van der Waals surface area contributed by atoms with Crippen LogP contribution in [0.5, 0.6) is 0 Å². The third-order valence-electron chi connectivity index (χ3n) is 10.7. The summed E-state index contributed by atoms with van der Waals surface area (Å²) >= 11 is 0. The smallest absolute Gasteiger partial charge is 0.343 e. The van der Waals surface area contributed by atoms with Crippen molar-refractivity contribution in [3.05, 3.63) is 101 Å². The molecule has 0 spiro atoms. The Balaban J connectivity index is 0.000000215. The van der Waals surface area contributed by atoms with E-state index in [-0.39, 0.29) is 57.4 Å². The molecule has 9 rings (SSSR count). The maximum absolute atomic E-state index is 12.1. The van der Waals surface area contributed by atoms with Crippen molar-refractivity contribution < 1.29 is 29.0 Å². The van der Waals surface area contributed by atoms with Crippen molar-refractivity contribution in [3.8, 4) is 23.3 Å². The van der Waals surface area contributed by atoms with Crippen LogP contribution in [-0.4, -0.2) is 127 Å². The largest absolute Gasteiger partial charge is 0.465 e. The number of methoxy groups -OCH3 is 2. The number of nitrogen functional groups attached to an aromatic ring is 5. The van der Waals surface area contributed by atoms with Gasteiger partial charge in [-0.25, -0.2) is 34.2 Å². The number of ether oxygens (including phenoxy) is 2. The number of aromatic nitrogens is 17. The zero-order valence-corrected chi connectivity index (χ0v) is 41.7. The molecule has 388 valence electrons. The van der Waals surface area contributed by atoms with Crippen molar-refractivity contribution in [1.82, 2.24) is 83.2 Å². The van der Waals surface area contributed by atoms with E-state index in [1.165, 1.54) is 58.0 Å². The number of hydrogen-bond acceptors (Lipinski definition) is 25. The van der Waals surface area contributed by atoms with Gasteiger partial charge in [0, 0.05) is 51.6 Å². The summed E-state index contributed by atoms with van der Waals surface area (Å²) in [5.41, 5.74) is 33.7. The fourth-order valence-corrected chi connectivity index (χ4v) is 6.87. The van der Waals surface area contributed by atoms with E-state index in [0.717, 1.165) is 11.4 Å². The quantitative estimate of drug-likeness (QED) is 0.0582. The van der Waals surface area contributed by atoms with Gasteiger partial charge in [0.25, 0.3) is 0 Å². The molecule has 9 heterocycles. The summed E-state index contributed by atoms with van der Waals surface area (Å²) in [5.74, 6) is 2.12. The minimum atomic E-state index is -0.697. The highest BCUT2D eigenvalue weighted by Gasteiger charge is 2.22. The Bertz CT molecular complexity index is 3440. The van der Waals surface area contributed by atoms with Crippen molar-refractivity contribution in [2.24, 2.45) is 41.6 Å². The number of aryl methyl sites for hydroxylation is 7. The van der Waals surface area contributed by atoms with Crippen LogP contribution in [0.3, 0.4) is 0 Å². The van der Waals surface area contributed by atoms with E-state index < -0.39 is 24.3 Å². The van der Waals surface area contributed by atoms with Crippen molar-refractivity contribution in [1.29, 1.82) is 0 Å². The van der Waals surface area contributed by atoms with E-state index in [9.17, 15) is 19.5 Å². The van der Waals surface area contributed by atoms with Crippen LogP contribution in [0.15, 0.2) is 82.0 Å². The molecular weight excluding hydrogens is 977 g/mol. The van der Waals surface area contributed by atoms with Gasteiger partial charge in [-0.2, -0.15) is 49.3 Å². The van der Waals surface area contributed by atoms with Crippen molar-refractivity contribution in [3.63, 3.8) is 0 Å². The minimum Gasteiger partial charge on any atom is -0.465 e. The Morgan fingerprint density at radius 2 is 1.00 bits per heavy atom. The zero-order chi connectivity index (χ0) is 54.4. The molecule has 0 aliphatic carbocycles. The molecule has 0 bridgehead atoms. The summed E-state index contributed by atoms with van der Waals surface area (Å²) in [6.45, 7) is 6.41. The molecule has 75 heavy (non-hydrogen) atoms. The molecular formula is C43H50N26O6. The van der Waals surface area contributed by atoms with Crippen molar-refractivity contribution >= 4 is 69.8 Å². The van der Waals surface area contributed by atoms with Gasteiger partial charge in [0.15, 0.2) is 63.7 Å². The van der Waals surface area contributed by atoms with Crippen LogP contribution in [0.1, 0.15) is 53.8 Å². The van der Waals surface area contributed by atoms with Crippen LogP contribution in [0.25, 0.3) is 23.3 Å². The van der Waals surface area contributed by atoms with Gasteiger partial charge in [-0.05, 0) is 33.8 Å². The summed E-state index contributed by atoms with van der Waals surface area (Å²) in [6, 6.07) is 8.40. The molecule has 0 aliphatic rings. The second-order valence-corrected chi connectivity index (χ2v) is 15.9. The maximum Gasteiger partial charge on any atom is 0.343 e. The molecule has 0 unspecified atom stereocenters.